The van der Waals surface area contributed by atoms with Gasteiger partial charge in [-0.05, 0) is 44.6 Å². The second-order valence-corrected chi connectivity index (χ2v) is 6.58. The first-order valence-electron chi connectivity index (χ1n) is 8.67. The summed E-state index contributed by atoms with van der Waals surface area (Å²) in [6, 6.07) is 0.513. The molecule has 1 saturated carbocycles. The SMILES string of the molecule is CCNC(CC1CCOCC1)C1(OC)CCCCCC1. The molecule has 2 rings (SSSR count). The Bertz CT molecular complexity index is 256. The normalized spacial score (nSPS) is 26.1. The Labute approximate surface area is 124 Å². The van der Waals surface area contributed by atoms with Gasteiger partial charge in [0.2, 0.25) is 0 Å². The summed E-state index contributed by atoms with van der Waals surface area (Å²) in [6.07, 6.45) is 11.6. The quantitative estimate of drug-likeness (QED) is 0.757. The van der Waals surface area contributed by atoms with Crippen molar-refractivity contribution in [2.24, 2.45) is 5.92 Å². The van der Waals surface area contributed by atoms with Crippen LogP contribution in [0.3, 0.4) is 0 Å². The maximum absolute atomic E-state index is 6.12. The average molecular weight is 283 g/mol. The molecule has 0 aromatic heterocycles. The lowest BCUT2D eigenvalue weighted by Gasteiger charge is -2.42. The summed E-state index contributed by atoms with van der Waals surface area (Å²) in [5.41, 5.74) is 0.0742. The monoisotopic (exact) mass is 283 g/mol. The topological polar surface area (TPSA) is 30.5 Å². The summed E-state index contributed by atoms with van der Waals surface area (Å²) >= 11 is 0. The first-order chi connectivity index (χ1) is 9.80. The number of hydrogen-bond acceptors (Lipinski definition) is 3. The minimum Gasteiger partial charge on any atom is -0.381 e. The molecule has 118 valence electrons. The van der Waals surface area contributed by atoms with Gasteiger partial charge in [0.1, 0.15) is 0 Å². The molecule has 0 aromatic rings. The second-order valence-electron chi connectivity index (χ2n) is 6.58. The molecule has 0 radical (unpaired) electrons. The lowest BCUT2D eigenvalue weighted by molar-refractivity contribution is -0.0620. The maximum atomic E-state index is 6.12. The number of ether oxygens (including phenoxy) is 2. The van der Waals surface area contributed by atoms with Crippen molar-refractivity contribution in [3.8, 4) is 0 Å². The van der Waals surface area contributed by atoms with Gasteiger partial charge in [0.15, 0.2) is 0 Å². The average Bonchev–Trinajstić information content (AvgIpc) is 2.74. The molecule has 3 nitrogen and oxygen atoms in total. The minimum atomic E-state index is 0.0742. The first-order valence-corrected chi connectivity index (χ1v) is 8.67. The van der Waals surface area contributed by atoms with Crippen molar-refractivity contribution < 1.29 is 9.47 Å². The zero-order valence-electron chi connectivity index (χ0n) is 13.5. The standard InChI is InChI=1S/C17H33NO2/c1-3-18-16(14-15-8-12-20-13-9-15)17(19-2)10-6-4-5-7-11-17/h15-16,18H,3-14H2,1-2H3. The second kappa shape index (κ2) is 8.35. The highest BCUT2D eigenvalue weighted by Crippen LogP contribution is 2.36. The highest BCUT2D eigenvalue weighted by Gasteiger charge is 2.39. The van der Waals surface area contributed by atoms with Crippen LogP contribution in [0.15, 0.2) is 0 Å². The molecule has 1 aliphatic heterocycles. The predicted molar refractivity (Wildman–Crippen MR) is 83.1 cm³/mol. The van der Waals surface area contributed by atoms with Gasteiger partial charge < -0.3 is 14.8 Å². The summed E-state index contributed by atoms with van der Waals surface area (Å²) in [5.74, 6) is 0.808. The van der Waals surface area contributed by atoms with Gasteiger partial charge in [0.25, 0.3) is 0 Å². The van der Waals surface area contributed by atoms with Crippen molar-refractivity contribution >= 4 is 0 Å². The Kier molecular flexibility index (Phi) is 6.79. The number of hydrogen-bond donors (Lipinski definition) is 1. The van der Waals surface area contributed by atoms with Crippen LogP contribution >= 0.6 is 0 Å². The molecule has 0 aromatic carbocycles. The van der Waals surface area contributed by atoms with E-state index in [-0.39, 0.29) is 5.60 Å². The third-order valence-corrected chi connectivity index (χ3v) is 5.35. The van der Waals surface area contributed by atoms with Gasteiger partial charge in [-0.25, -0.2) is 0 Å². The van der Waals surface area contributed by atoms with Crippen LogP contribution < -0.4 is 5.32 Å². The molecular weight excluding hydrogens is 250 g/mol. The van der Waals surface area contributed by atoms with Gasteiger partial charge in [0.05, 0.1) is 5.60 Å². The Morgan fingerprint density at radius 3 is 2.35 bits per heavy atom. The molecule has 2 fully saturated rings. The van der Waals surface area contributed by atoms with E-state index < -0.39 is 0 Å². The molecule has 1 unspecified atom stereocenters. The Balaban J connectivity index is 2.02. The summed E-state index contributed by atoms with van der Waals surface area (Å²) in [4.78, 5) is 0. The molecule has 1 N–H and O–H groups in total. The van der Waals surface area contributed by atoms with E-state index in [1.807, 2.05) is 7.11 Å². The molecule has 1 saturated heterocycles. The zero-order valence-corrected chi connectivity index (χ0v) is 13.5. The van der Waals surface area contributed by atoms with Crippen LogP contribution in [0.4, 0.5) is 0 Å². The summed E-state index contributed by atoms with van der Waals surface area (Å²) < 4.78 is 11.6. The molecule has 1 heterocycles. The molecule has 1 aliphatic carbocycles. The van der Waals surface area contributed by atoms with Crippen molar-refractivity contribution in [2.45, 2.75) is 76.4 Å². The molecule has 0 amide bonds. The van der Waals surface area contributed by atoms with E-state index in [0.29, 0.717) is 6.04 Å². The van der Waals surface area contributed by atoms with Gasteiger partial charge in [-0.3, -0.25) is 0 Å². The van der Waals surface area contributed by atoms with Crippen LogP contribution in [0.2, 0.25) is 0 Å². The number of rotatable bonds is 6. The molecule has 2 aliphatic rings. The van der Waals surface area contributed by atoms with E-state index in [9.17, 15) is 0 Å². The van der Waals surface area contributed by atoms with Crippen LogP contribution in [0, 0.1) is 5.92 Å². The molecule has 0 bridgehead atoms. The first kappa shape index (κ1) is 16.3. The smallest absolute Gasteiger partial charge is 0.0831 e. The third kappa shape index (κ3) is 4.19. The van der Waals surface area contributed by atoms with Gasteiger partial charge in [-0.15, -0.1) is 0 Å². The minimum absolute atomic E-state index is 0.0742. The van der Waals surface area contributed by atoms with E-state index in [1.165, 1.54) is 57.8 Å². The highest BCUT2D eigenvalue weighted by atomic mass is 16.5. The highest BCUT2D eigenvalue weighted by molar-refractivity contribution is 4.95. The van der Waals surface area contributed by atoms with Crippen LogP contribution in [-0.2, 0) is 9.47 Å². The fraction of sp³-hybridized carbons (Fsp3) is 1.00. The van der Waals surface area contributed by atoms with E-state index in [1.54, 1.807) is 0 Å². The third-order valence-electron chi connectivity index (χ3n) is 5.35. The van der Waals surface area contributed by atoms with Gasteiger partial charge >= 0.3 is 0 Å². The fourth-order valence-corrected chi connectivity index (χ4v) is 4.07. The van der Waals surface area contributed by atoms with Gasteiger partial charge in [-0.1, -0.05) is 32.6 Å². The van der Waals surface area contributed by atoms with Crippen molar-refractivity contribution in [3.05, 3.63) is 0 Å². The number of likely N-dealkylation sites (N-methyl/N-ethyl adjacent to an activating group) is 1. The lowest BCUT2D eigenvalue weighted by atomic mass is 9.79. The largest absolute Gasteiger partial charge is 0.381 e. The van der Waals surface area contributed by atoms with Crippen molar-refractivity contribution in [3.63, 3.8) is 0 Å². The Morgan fingerprint density at radius 1 is 1.15 bits per heavy atom. The van der Waals surface area contributed by atoms with Crippen molar-refractivity contribution in [1.82, 2.24) is 5.32 Å². The Hall–Kier alpha value is -0.120. The molecule has 0 spiro atoms. The summed E-state index contributed by atoms with van der Waals surface area (Å²) in [5, 5.41) is 3.75. The number of nitrogens with one attached hydrogen (secondary N) is 1. The number of methoxy groups -OCH3 is 1. The van der Waals surface area contributed by atoms with Crippen molar-refractivity contribution in [1.29, 1.82) is 0 Å². The molecular formula is C17H33NO2. The van der Waals surface area contributed by atoms with E-state index in [4.69, 9.17) is 9.47 Å². The molecule has 20 heavy (non-hydrogen) atoms. The Morgan fingerprint density at radius 2 is 1.80 bits per heavy atom. The van der Waals surface area contributed by atoms with Gasteiger partial charge in [-0.2, -0.15) is 0 Å². The zero-order chi connectivity index (χ0) is 14.3. The summed E-state index contributed by atoms with van der Waals surface area (Å²) in [7, 11) is 1.93. The lowest BCUT2D eigenvalue weighted by Crippen LogP contribution is -2.53. The predicted octanol–water partition coefficient (Wildman–Crippen LogP) is 3.52. The maximum Gasteiger partial charge on any atom is 0.0831 e. The molecule has 3 heteroatoms. The van der Waals surface area contributed by atoms with Crippen LogP contribution in [0.5, 0.6) is 0 Å². The van der Waals surface area contributed by atoms with Crippen molar-refractivity contribution in [2.75, 3.05) is 26.9 Å². The van der Waals surface area contributed by atoms with Crippen LogP contribution in [0.1, 0.15) is 64.7 Å². The van der Waals surface area contributed by atoms with Gasteiger partial charge in [0, 0.05) is 26.4 Å². The fourth-order valence-electron chi connectivity index (χ4n) is 4.07. The van der Waals surface area contributed by atoms with Crippen LogP contribution in [0.25, 0.3) is 0 Å². The van der Waals surface area contributed by atoms with E-state index in [0.717, 1.165) is 25.7 Å². The summed E-state index contributed by atoms with van der Waals surface area (Å²) in [6.45, 7) is 5.16. The van der Waals surface area contributed by atoms with E-state index >= 15 is 0 Å². The van der Waals surface area contributed by atoms with E-state index in [2.05, 4.69) is 12.2 Å². The molecule has 1 atom stereocenters. The van der Waals surface area contributed by atoms with Crippen LogP contribution in [-0.4, -0.2) is 38.5 Å².